The van der Waals surface area contributed by atoms with Crippen molar-refractivity contribution in [2.75, 3.05) is 25.6 Å². The molecule has 2 amide bonds. The van der Waals surface area contributed by atoms with Gasteiger partial charge in [-0.3, -0.25) is 14.0 Å². The lowest BCUT2D eigenvalue weighted by atomic mass is 10.3. The number of hydrogen-bond acceptors (Lipinski definition) is 4. The molecule has 3 rings (SSSR count). The van der Waals surface area contributed by atoms with E-state index in [0.29, 0.717) is 29.4 Å². The number of nitrogens with zero attached hydrogens (tertiary/aromatic N) is 2. The lowest BCUT2D eigenvalue weighted by Gasteiger charge is -2.03. The van der Waals surface area contributed by atoms with Crippen LogP contribution < -0.4 is 10.6 Å². The Morgan fingerprint density at radius 3 is 2.65 bits per heavy atom. The van der Waals surface area contributed by atoms with Gasteiger partial charge in [0.2, 0.25) is 5.82 Å². The summed E-state index contributed by atoms with van der Waals surface area (Å²) < 4.78 is 6.50. The third-order valence-electron chi connectivity index (χ3n) is 3.66. The monoisotopic (exact) mass is 372 g/mol. The Morgan fingerprint density at radius 2 is 1.92 bits per heavy atom. The summed E-state index contributed by atoms with van der Waals surface area (Å²) in [6, 6.07) is 12.0. The molecular formula is C18H17ClN4O3. The van der Waals surface area contributed by atoms with Gasteiger partial charge in [-0.2, -0.15) is 0 Å². The molecule has 0 bridgehead atoms. The van der Waals surface area contributed by atoms with E-state index in [1.807, 2.05) is 0 Å². The molecule has 0 aliphatic carbocycles. The van der Waals surface area contributed by atoms with Crippen molar-refractivity contribution in [1.82, 2.24) is 14.7 Å². The van der Waals surface area contributed by atoms with E-state index in [-0.39, 0.29) is 17.4 Å². The van der Waals surface area contributed by atoms with Gasteiger partial charge in [-0.25, -0.2) is 4.98 Å². The number of halogens is 1. The number of carbonyl (C=O) groups is 2. The second-order valence-corrected chi connectivity index (χ2v) is 5.89. The Balaban J connectivity index is 1.89. The number of aromatic nitrogens is 2. The highest BCUT2D eigenvalue weighted by Gasteiger charge is 2.21. The molecule has 0 atom stereocenters. The average molecular weight is 373 g/mol. The molecule has 26 heavy (non-hydrogen) atoms. The van der Waals surface area contributed by atoms with Gasteiger partial charge in [0, 0.05) is 30.6 Å². The number of nitrogens with one attached hydrogen (secondary N) is 2. The molecule has 1 aromatic carbocycles. The van der Waals surface area contributed by atoms with Crippen molar-refractivity contribution in [3.05, 3.63) is 65.2 Å². The smallest absolute Gasteiger partial charge is 0.287 e. The lowest BCUT2D eigenvalue weighted by molar-refractivity contribution is 0.0926. The van der Waals surface area contributed by atoms with Crippen molar-refractivity contribution in [2.45, 2.75) is 0 Å². The Labute approximate surface area is 154 Å². The van der Waals surface area contributed by atoms with E-state index in [9.17, 15) is 9.59 Å². The highest BCUT2D eigenvalue weighted by atomic mass is 35.5. The van der Waals surface area contributed by atoms with E-state index in [4.69, 9.17) is 16.3 Å². The van der Waals surface area contributed by atoms with Gasteiger partial charge in [-0.05, 0) is 36.4 Å². The first-order valence-corrected chi connectivity index (χ1v) is 8.29. The minimum Gasteiger partial charge on any atom is -0.383 e. The SMILES string of the molecule is COCCNC(=O)c1nc(C(=O)Nc2ccc(Cl)cc2)c2ccccn12. The number of imidazole rings is 1. The zero-order valence-corrected chi connectivity index (χ0v) is 14.8. The van der Waals surface area contributed by atoms with Crippen molar-refractivity contribution in [3.63, 3.8) is 0 Å². The Bertz CT molecular complexity index is 937. The Hall–Kier alpha value is -2.90. The summed E-state index contributed by atoms with van der Waals surface area (Å²) in [7, 11) is 1.55. The number of ether oxygens (including phenoxy) is 1. The fourth-order valence-electron chi connectivity index (χ4n) is 2.43. The summed E-state index contributed by atoms with van der Waals surface area (Å²) >= 11 is 5.85. The number of rotatable bonds is 6. The van der Waals surface area contributed by atoms with Crippen LogP contribution in [0.1, 0.15) is 21.1 Å². The standard InChI is InChI=1S/C18H17ClN4O3/c1-26-11-9-20-18(25)16-22-15(14-4-2-3-10-23(14)16)17(24)21-13-7-5-12(19)6-8-13/h2-8,10H,9,11H2,1H3,(H,20,25)(H,21,24). The van der Waals surface area contributed by atoms with E-state index in [0.717, 1.165) is 0 Å². The number of amides is 2. The largest absolute Gasteiger partial charge is 0.383 e. The van der Waals surface area contributed by atoms with Crippen molar-refractivity contribution in [2.24, 2.45) is 0 Å². The summed E-state index contributed by atoms with van der Waals surface area (Å²) in [6.07, 6.45) is 1.69. The van der Waals surface area contributed by atoms with Gasteiger partial charge in [0.05, 0.1) is 12.1 Å². The number of benzene rings is 1. The van der Waals surface area contributed by atoms with Crippen LogP contribution in [0.3, 0.4) is 0 Å². The molecule has 0 saturated heterocycles. The molecule has 134 valence electrons. The van der Waals surface area contributed by atoms with Gasteiger partial charge >= 0.3 is 0 Å². The van der Waals surface area contributed by atoms with Crippen molar-refractivity contribution < 1.29 is 14.3 Å². The summed E-state index contributed by atoms with van der Waals surface area (Å²) in [5, 5.41) is 6.04. The molecular weight excluding hydrogens is 356 g/mol. The van der Waals surface area contributed by atoms with Crippen LogP contribution in [0.25, 0.3) is 5.52 Å². The summed E-state index contributed by atoms with van der Waals surface area (Å²) in [6.45, 7) is 0.738. The molecule has 3 aromatic rings. The summed E-state index contributed by atoms with van der Waals surface area (Å²) in [5.74, 6) is -0.654. The van der Waals surface area contributed by atoms with E-state index < -0.39 is 5.91 Å². The summed E-state index contributed by atoms with van der Waals surface area (Å²) in [4.78, 5) is 29.3. The molecule has 2 aromatic heterocycles. The maximum Gasteiger partial charge on any atom is 0.287 e. The van der Waals surface area contributed by atoms with Gasteiger partial charge in [0.1, 0.15) is 0 Å². The van der Waals surface area contributed by atoms with Crippen LogP contribution in [0.15, 0.2) is 48.7 Å². The molecule has 0 aliphatic heterocycles. The minimum atomic E-state index is -0.410. The maximum atomic E-state index is 12.6. The topological polar surface area (TPSA) is 84.7 Å². The van der Waals surface area contributed by atoms with Crippen LogP contribution in [-0.2, 0) is 4.74 Å². The van der Waals surface area contributed by atoms with Crippen LogP contribution in [0.2, 0.25) is 5.02 Å². The first kappa shape index (κ1) is 17.9. The highest BCUT2D eigenvalue weighted by molar-refractivity contribution is 6.30. The third kappa shape index (κ3) is 3.84. The number of methoxy groups -OCH3 is 1. The number of anilines is 1. The molecule has 2 heterocycles. The first-order valence-electron chi connectivity index (χ1n) is 7.91. The zero-order valence-electron chi connectivity index (χ0n) is 14.0. The molecule has 0 fully saturated rings. The number of hydrogen-bond donors (Lipinski definition) is 2. The van der Waals surface area contributed by atoms with Crippen LogP contribution >= 0.6 is 11.6 Å². The number of fused-ring (bicyclic) bond motifs is 1. The zero-order chi connectivity index (χ0) is 18.5. The van der Waals surface area contributed by atoms with Crippen LogP contribution in [0, 0.1) is 0 Å². The molecule has 8 heteroatoms. The van der Waals surface area contributed by atoms with Crippen LogP contribution in [-0.4, -0.2) is 41.5 Å². The average Bonchev–Trinajstić information content (AvgIpc) is 3.04. The quantitative estimate of drug-likeness (QED) is 0.651. The fraction of sp³-hybridized carbons (Fsp3) is 0.167. The maximum absolute atomic E-state index is 12.6. The second kappa shape index (κ2) is 7.99. The molecule has 0 spiro atoms. The van der Waals surface area contributed by atoms with Crippen molar-refractivity contribution in [3.8, 4) is 0 Å². The van der Waals surface area contributed by atoms with E-state index >= 15 is 0 Å². The number of pyridine rings is 1. The predicted octanol–water partition coefficient (Wildman–Crippen LogP) is 2.62. The molecule has 0 unspecified atom stereocenters. The summed E-state index contributed by atoms with van der Waals surface area (Å²) in [5.41, 5.74) is 1.29. The van der Waals surface area contributed by atoms with Gasteiger partial charge in [-0.1, -0.05) is 17.7 Å². The van der Waals surface area contributed by atoms with Crippen molar-refractivity contribution in [1.29, 1.82) is 0 Å². The van der Waals surface area contributed by atoms with Crippen molar-refractivity contribution >= 4 is 34.6 Å². The molecule has 0 saturated carbocycles. The molecule has 0 radical (unpaired) electrons. The van der Waals surface area contributed by atoms with Crippen LogP contribution in [0.4, 0.5) is 5.69 Å². The minimum absolute atomic E-state index is 0.137. The molecule has 0 aliphatic rings. The first-order chi connectivity index (χ1) is 12.6. The van der Waals surface area contributed by atoms with Crippen LogP contribution in [0.5, 0.6) is 0 Å². The Morgan fingerprint density at radius 1 is 1.15 bits per heavy atom. The Kier molecular flexibility index (Phi) is 5.50. The second-order valence-electron chi connectivity index (χ2n) is 5.45. The van der Waals surface area contributed by atoms with Gasteiger partial charge < -0.3 is 15.4 Å². The van der Waals surface area contributed by atoms with Gasteiger partial charge in [0.25, 0.3) is 11.8 Å². The van der Waals surface area contributed by atoms with E-state index in [1.54, 1.807) is 60.2 Å². The highest BCUT2D eigenvalue weighted by Crippen LogP contribution is 2.17. The molecule has 7 nitrogen and oxygen atoms in total. The molecule has 2 N–H and O–H groups in total. The van der Waals surface area contributed by atoms with Gasteiger partial charge in [-0.15, -0.1) is 0 Å². The van der Waals surface area contributed by atoms with Gasteiger partial charge in [0.15, 0.2) is 5.69 Å². The predicted molar refractivity (Wildman–Crippen MR) is 98.8 cm³/mol. The number of carbonyl (C=O) groups excluding carboxylic acids is 2. The lowest BCUT2D eigenvalue weighted by Crippen LogP contribution is -2.28. The van der Waals surface area contributed by atoms with E-state index in [1.165, 1.54) is 0 Å². The van der Waals surface area contributed by atoms with E-state index in [2.05, 4.69) is 15.6 Å². The fourth-order valence-corrected chi connectivity index (χ4v) is 2.56. The third-order valence-corrected chi connectivity index (χ3v) is 3.91. The normalized spacial score (nSPS) is 10.7.